The SMILES string of the molecule is O=C(C1CCN(S(=O)(=O)c2ccc3ccccc3c2)CC1)N(Cc1ccsc1)C1CC1. The lowest BCUT2D eigenvalue weighted by Crippen LogP contribution is -2.44. The Labute approximate surface area is 187 Å². The largest absolute Gasteiger partial charge is 0.335 e. The number of sulfonamides is 1. The molecular formula is C24H26N2O3S2. The molecule has 31 heavy (non-hydrogen) atoms. The summed E-state index contributed by atoms with van der Waals surface area (Å²) < 4.78 is 27.9. The Hall–Kier alpha value is -2.22. The molecule has 0 unspecified atom stereocenters. The minimum Gasteiger partial charge on any atom is -0.335 e. The molecule has 162 valence electrons. The van der Waals surface area contributed by atoms with Gasteiger partial charge in [0.15, 0.2) is 0 Å². The van der Waals surface area contributed by atoms with Crippen LogP contribution in [-0.2, 0) is 21.4 Å². The summed E-state index contributed by atoms with van der Waals surface area (Å²) in [6, 6.07) is 15.5. The van der Waals surface area contributed by atoms with E-state index in [9.17, 15) is 13.2 Å². The number of carbonyl (C=O) groups excluding carboxylic acids is 1. The first-order chi connectivity index (χ1) is 15.0. The zero-order valence-corrected chi connectivity index (χ0v) is 18.9. The Bertz CT molecular complexity index is 1180. The number of benzene rings is 2. The Balaban J connectivity index is 1.27. The van der Waals surface area contributed by atoms with Crippen molar-refractivity contribution in [2.75, 3.05) is 13.1 Å². The molecule has 2 aliphatic rings. The van der Waals surface area contributed by atoms with E-state index in [-0.39, 0.29) is 11.8 Å². The molecule has 1 aromatic heterocycles. The standard InChI is InChI=1S/C24H26N2O3S2/c27-24(26(22-6-7-22)16-18-11-14-30-17-18)20-9-12-25(13-10-20)31(28,29)23-8-5-19-3-1-2-4-21(19)15-23/h1-5,8,11,14-15,17,20,22H,6-7,9-10,12-13,16H2. The third kappa shape index (κ3) is 4.27. The predicted molar refractivity (Wildman–Crippen MR) is 123 cm³/mol. The molecule has 3 aromatic rings. The number of hydrogen-bond acceptors (Lipinski definition) is 4. The topological polar surface area (TPSA) is 57.7 Å². The molecule has 1 saturated heterocycles. The Morgan fingerprint density at radius 3 is 2.42 bits per heavy atom. The number of fused-ring (bicyclic) bond motifs is 1. The van der Waals surface area contributed by atoms with Gasteiger partial charge in [-0.3, -0.25) is 4.79 Å². The summed E-state index contributed by atoms with van der Waals surface area (Å²) in [6.45, 7) is 1.45. The van der Waals surface area contributed by atoms with Gasteiger partial charge in [0.05, 0.1) is 4.90 Å². The van der Waals surface area contributed by atoms with Gasteiger partial charge < -0.3 is 4.90 Å². The van der Waals surface area contributed by atoms with Crippen molar-refractivity contribution in [3.63, 3.8) is 0 Å². The van der Waals surface area contributed by atoms with E-state index in [0.717, 1.165) is 23.6 Å². The molecule has 7 heteroatoms. The first kappa shape index (κ1) is 20.7. The van der Waals surface area contributed by atoms with Crippen LogP contribution in [0, 0.1) is 5.92 Å². The minimum absolute atomic E-state index is 0.0951. The second kappa shape index (κ2) is 8.37. The molecule has 5 rings (SSSR count). The van der Waals surface area contributed by atoms with Gasteiger partial charge in [0, 0.05) is 31.6 Å². The lowest BCUT2D eigenvalue weighted by Gasteiger charge is -2.34. The Morgan fingerprint density at radius 2 is 1.74 bits per heavy atom. The van der Waals surface area contributed by atoms with Crippen molar-refractivity contribution in [2.45, 2.75) is 43.2 Å². The van der Waals surface area contributed by atoms with Gasteiger partial charge in [-0.15, -0.1) is 0 Å². The van der Waals surface area contributed by atoms with Gasteiger partial charge in [-0.1, -0.05) is 30.3 Å². The fourth-order valence-electron chi connectivity index (χ4n) is 4.41. The minimum atomic E-state index is -3.56. The van der Waals surface area contributed by atoms with Gasteiger partial charge in [0.1, 0.15) is 0 Å². The quantitative estimate of drug-likeness (QED) is 0.551. The maximum absolute atomic E-state index is 13.2. The zero-order valence-electron chi connectivity index (χ0n) is 17.3. The van der Waals surface area contributed by atoms with E-state index in [2.05, 4.69) is 11.4 Å². The molecular weight excluding hydrogens is 428 g/mol. The fourth-order valence-corrected chi connectivity index (χ4v) is 6.57. The summed E-state index contributed by atoms with van der Waals surface area (Å²) in [5, 5.41) is 6.08. The zero-order chi connectivity index (χ0) is 21.4. The lowest BCUT2D eigenvalue weighted by atomic mass is 9.96. The number of rotatable bonds is 6. The van der Waals surface area contributed by atoms with Gasteiger partial charge >= 0.3 is 0 Å². The molecule has 0 radical (unpaired) electrons. The number of hydrogen-bond donors (Lipinski definition) is 0. The van der Waals surface area contributed by atoms with E-state index in [1.807, 2.05) is 40.6 Å². The molecule has 0 bridgehead atoms. The maximum Gasteiger partial charge on any atom is 0.243 e. The van der Waals surface area contributed by atoms with Crippen LogP contribution in [0.25, 0.3) is 10.8 Å². The average Bonchev–Trinajstić information content (AvgIpc) is 3.51. The van der Waals surface area contributed by atoms with Crippen molar-refractivity contribution in [1.29, 1.82) is 0 Å². The molecule has 0 atom stereocenters. The van der Waals surface area contributed by atoms with Crippen molar-refractivity contribution >= 4 is 38.0 Å². The van der Waals surface area contributed by atoms with Crippen LogP contribution in [0.1, 0.15) is 31.2 Å². The van der Waals surface area contributed by atoms with Gasteiger partial charge in [-0.05, 0) is 71.0 Å². The van der Waals surface area contributed by atoms with Crippen molar-refractivity contribution < 1.29 is 13.2 Å². The molecule has 5 nitrogen and oxygen atoms in total. The smallest absolute Gasteiger partial charge is 0.243 e. The monoisotopic (exact) mass is 454 g/mol. The summed E-state index contributed by atoms with van der Waals surface area (Å²) in [5.74, 6) is 0.0961. The summed E-state index contributed by atoms with van der Waals surface area (Å²) in [4.78, 5) is 15.6. The molecule has 1 aliphatic heterocycles. The van der Waals surface area contributed by atoms with E-state index in [4.69, 9.17) is 0 Å². The maximum atomic E-state index is 13.2. The highest BCUT2D eigenvalue weighted by atomic mass is 32.2. The number of thiophene rings is 1. The number of amides is 1. The van der Waals surface area contributed by atoms with E-state index in [1.165, 1.54) is 5.56 Å². The van der Waals surface area contributed by atoms with Gasteiger partial charge in [0.25, 0.3) is 0 Å². The van der Waals surface area contributed by atoms with Crippen LogP contribution in [0.3, 0.4) is 0 Å². The number of nitrogens with zero attached hydrogens (tertiary/aromatic N) is 2. The Kier molecular flexibility index (Phi) is 5.58. The summed E-state index contributed by atoms with van der Waals surface area (Å²) in [7, 11) is -3.56. The van der Waals surface area contributed by atoms with Gasteiger partial charge in [-0.25, -0.2) is 8.42 Å². The van der Waals surface area contributed by atoms with E-state index in [1.54, 1.807) is 27.8 Å². The van der Waals surface area contributed by atoms with Gasteiger partial charge in [0.2, 0.25) is 15.9 Å². The highest BCUT2D eigenvalue weighted by Crippen LogP contribution is 2.33. The second-order valence-corrected chi connectivity index (χ2v) is 11.2. The first-order valence-electron chi connectivity index (χ1n) is 10.8. The van der Waals surface area contributed by atoms with E-state index < -0.39 is 10.0 Å². The molecule has 1 amide bonds. The second-order valence-electron chi connectivity index (χ2n) is 8.52. The number of carbonyl (C=O) groups is 1. The van der Waals surface area contributed by atoms with Crippen LogP contribution in [0.4, 0.5) is 0 Å². The molecule has 2 aromatic carbocycles. The molecule has 0 spiro atoms. The van der Waals surface area contributed by atoms with Crippen molar-refractivity contribution in [3.8, 4) is 0 Å². The van der Waals surface area contributed by atoms with Crippen LogP contribution >= 0.6 is 11.3 Å². The third-order valence-corrected chi connectivity index (χ3v) is 8.99. The average molecular weight is 455 g/mol. The Morgan fingerprint density at radius 1 is 1.00 bits per heavy atom. The van der Waals surface area contributed by atoms with Crippen LogP contribution in [0.2, 0.25) is 0 Å². The van der Waals surface area contributed by atoms with Gasteiger partial charge in [-0.2, -0.15) is 15.6 Å². The molecule has 1 aliphatic carbocycles. The van der Waals surface area contributed by atoms with Crippen LogP contribution in [-0.4, -0.2) is 42.7 Å². The van der Waals surface area contributed by atoms with Crippen molar-refractivity contribution in [1.82, 2.24) is 9.21 Å². The van der Waals surface area contributed by atoms with Crippen molar-refractivity contribution in [2.24, 2.45) is 5.92 Å². The highest BCUT2D eigenvalue weighted by molar-refractivity contribution is 7.89. The highest BCUT2D eigenvalue weighted by Gasteiger charge is 2.38. The van der Waals surface area contributed by atoms with E-state index >= 15 is 0 Å². The molecule has 2 fully saturated rings. The summed E-state index contributed by atoms with van der Waals surface area (Å²) in [5.41, 5.74) is 1.18. The van der Waals surface area contributed by atoms with Crippen molar-refractivity contribution in [3.05, 3.63) is 64.9 Å². The lowest BCUT2D eigenvalue weighted by molar-refractivity contribution is -0.138. The van der Waals surface area contributed by atoms with E-state index in [0.29, 0.717) is 43.4 Å². The normalized spacial score (nSPS) is 18.3. The van der Waals surface area contributed by atoms with Crippen LogP contribution < -0.4 is 0 Å². The van der Waals surface area contributed by atoms with Crippen LogP contribution in [0.5, 0.6) is 0 Å². The number of piperidine rings is 1. The molecule has 2 heterocycles. The third-order valence-electron chi connectivity index (χ3n) is 6.37. The van der Waals surface area contributed by atoms with Crippen LogP contribution in [0.15, 0.2) is 64.2 Å². The first-order valence-corrected chi connectivity index (χ1v) is 13.2. The molecule has 1 saturated carbocycles. The fraction of sp³-hybridized carbons (Fsp3) is 0.375. The summed E-state index contributed by atoms with van der Waals surface area (Å²) in [6.07, 6.45) is 3.31. The summed E-state index contributed by atoms with van der Waals surface area (Å²) >= 11 is 1.65. The molecule has 0 N–H and O–H groups in total. The predicted octanol–water partition coefficient (Wildman–Crippen LogP) is 4.49.